The van der Waals surface area contributed by atoms with E-state index in [1.807, 2.05) is 0 Å². The van der Waals surface area contributed by atoms with Gasteiger partial charge in [-0.3, -0.25) is 0 Å². The molecule has 1 heterocycles. The first-order valence-corrected chi connectivity index (χ1v) is 7.08. The van der Waals surface area contributed by atoms with Crippen LogP contribution in [0.4, 0.5) is 11.5 Å². The molecule has 0 saturated heterocycles. The zero-order valence-electron chi connectivity index (χ0n) is 10.8. The Balaban J connectivity index is 1.83. The molecule has 1 aromatic rings. The predicted octanol–water partition coefficient (Wildman–Crippen LogP) is 3.34. The standard InChI is InChI=1S/C13H21ClN4/c1-2-9-3-5-10(6-4-9)7-16-12-11(15)8-17-13(14)18-12/h8-10H,2-7,15H2,1H3,(H,16,17,18). The van der Waals surface area contributed by atoms with Gasteiger partial charge < -0.3 is 11.1 Å². The van der Waals surface area contributed by atoms with Gasteiger partial charge in [0, 0.05) is 6.54 Å². The third kappa shape index (κ3) is 3.48. The van der Waals surface area contributed by atoms with E-state index in [9.17, 15) is 0 Å². The number of rotatable bonds is 4. The number of hydrogen-bond acceptors (Lipinski definition) is 4. The third-order valence-corrected chi connectivity index (χ3v) is 4.07. The second kappa shape index (κ2) is 6.23. The summed E-state index contributed by atoms with van der Waals surface area (Å²) < 4.78 is 0. The van der Waals surface area contributed by atoms with Gasteiger partial charge in [-0.25, -0.2) is 4.98 Å². The molecule has 0 unspecified atom stereocenters. The van der Waals surface area contributed by atoms with Crippen molar-refractivity contribution in [2.24, 2.45) is 11.8 Å². The highest BCUT2D eigenvalue weighted by molar-refractivity contribution is 6.28. The van der Waals surface area contributed by atoms with Gasteiger partial charge in [0.1, 0.15) is 0 Å². The first-order valence-electron chi connectivity index (χ1n) is 6.71. The summed E-state index contributed by atoms with van der Waals surface area (Å²) in [6.45, 7) is 3.21. The van der Waals surface area contributed by atoms with Crippen molar-refractivity contribution in [1.29, 1.82) is 0 Å². The molecule has 0 atom stereocenters. The van der Waals surface area contributed by atoms with Crippen molar-refractivity contribution in [2.45, 2.75) is 39.0 Å². The molecule has 1 saturated carbocycles. The molecule has 1 aliphatic carbocycles. The van der Waals surface area contributed by atoms with Gasteiger partial charge in [-0.15, -0.1) is 0 Å². The fraction of sp³-hybridized carbons (Fsp3) is 0.692. The van der Waals surface area contributed by atoms with E-state index in [0.717, 1.165) is 18.4 Å². The van der Waals surface area contributed by atoms with Gasteiger partial charge in [0.15, 0.2) is 5.82 Å². The normalized spacial score (nSPS) is 23.9. The second-order valence-electron chi connectivity index (χ2n) is 5.12. The highest BCUT2D eigenvalue weighted by Crippen LogP contribution is 2.30. The van der Waals surface area contributed by atoms with Crippen LogP contribution in [0.25, 0.3) is 0 Å². The average molecular weight is 269 g/mol. The number of nitrogen functional groups attached to an aromatic ring is 1. The number of hydrogen-bond donors (Lipinski definition) is 2. The Kier molecular flexibility index (Phi) is 4.64. The maximum atomic E-state index is 5.80. The van der Waals surface area contributed by atoms with E-state index in [0.29, 0.717) is 11.5 Å². The molecule has 5 heteroatoms. The van der Waals surface area contributed by atoms with Gasteiger partial charge in [0.05, 0.1) is 11.9 Å². The zero-order chi connectivity index (χ0) is 13.0. The quantitative estimate of drug-likeness (QED) is 0.822. The summed E-state index contributed by atoms with van der Waals surface area (Å²) in [5.74, 6) is 2.31. The van der Waals surface area contributed by atoms with Crippen LogP contribution in [-0.2, 0) is 0 Å². The van der Waals surface area contributed by atoms with E-state index in [2.05, 4.69) is 22.2 Å². The lowest BCUT2D eigenvalue weighted by molar-refractivity contribution is 0.278. The molecular formula is C13H21ClN4. The van der Waals surface area contributed by atoms with Crippen molar-refractivity contribution in [2.75, 3.05) is 17.6 Å². The van der Waals surface area contributed by atoms with E-state index in [-0.39, 0.29) is 5.28 Å². The lowest BCUT2D eigenvalue weighted by Gasteiger charge is -2.28. The highest BCUT2D eigenvalue weighted by Gasteiger charge is 2.20. The lowest BCUT2D eigenvalue weighted by Crippen LogP contribution is -2.21. The van der Waals surface area contributed by atoms with Gasteiger partial charge in [-0.05, 0) is 36.3 Å². The first-order chi connectivity index (χ1) is 8.69. The molecule has 18 heavy (non-hydrogen) atoms. The maximum absolute atomic E-state index is 5.80. The molecule has 3 N–H and O–H groups in total. The Morgan fingerprint density at radius 2 is 2.00 bits per heavy atom. The smallest absolute Gasteiger partial charge is 0.224 e. The van der Waals surface area contributed by atoms with Crippen molar-refractivity contribution in [3.63, 3.8) is 0 Å². The van der Waals surface area contributed by atoms with Gasteiger partial charge in [0.25, 0.3) is 0 Å². The molecule has 0 radical (unpaired) electrons. The van der Waals surface area contributed by atoms with Gasteiger partial charge in [0.2, 0.25) is 5.28 Å². The van der Waals surface area contributed by atoms with Crippen molar-refractivity contribution < 1.29 is 0 Å². The minimum absolute atomic E-state index is 0.237. The Morgan fingerprint density at radius 1 is 1.33 bits per heavy atom. The summed E-state index contributed by atoms with van der Waals surface area (Å²) in [7, 11) is 0. The van der Waals surface area contributed by atoms with E-state index >= 15 is 0 Å². The van der Waals surface area contributed by atoms with Gasteiger partial charge >= 0.3 is 0 Å². The van der Waals surface area contributed by atoms with E-state index in [1.54, 1.807) is 6.20 Å². The van der Waals surface area contributed by atoms with Crippen LogP contribution in [0, 0.1) is 11.8 Å². The Bertz CT molecular complexity index is 389. The summed E-state index contributed by atoms with van der Waals surface area (Å²) in [4.78, 5) is 7.95. The lowest BCUT2D eigenvalue weighted by atomic mass is 9.81. The summed E-state index contributed by atoms with van der Waals surface area (Å²) in [6.07, 6.45) is 8.15. The van der Waals surface area contributed by atoms with Crippen molar-refractivity contribution in [3.05, 3.63) is 11.5 Å². The zero-order valence-corrected chi connectivity index (χ0v) is 11.6. The molecule has 2 rings (SSSR count). The number of halogens is 1. The monoisotopic (exact) mass is 268 g/mol. The van der Waals surface area contributed by atoms with Crippen LogP contribution < -0.4 is 11.1 Å². The summed E-state index contributed by atoms with van der Waals surface area (Å²) in [5.41, 5.74) is 6.36. The number of nitrogens with one attached hydrogen (secondary N) is 1. The Labute approximate surface area is 113 Å². The molecule has 1 aromatic heterocycles. The molecule has 0 aromatic carbocycles. The van der Waals surface area contributed by atoms with E-state index < -0.39 is 0 Å². The molecule has 0 amide bonds. The predicted molar refractivity (Wildman–Crippen MR) is 75.7 cm³/mol. The number of nitrogens with zero attached hydrogens (tertiary/aromatic N) is 2. The molecule has 1 fully saturated rings. The number of aromatic nitrogens is 2. The van der Waals surface area contributed by atoms with Crippen LogP contribution in [0.15, 0.2) is 6.20 Å². The van der Waals surface area contributed by atoms with E-state index in [4.69, 9.17) is 17.3 Å². The van der Waals surface area contributed by atoms with Crippen molar-refractivity contribution >= 4 is 23.1 Å². The van der Waals surface area contributed by atoms with Crippen LogP contribution in [0.3, 0.4) is 0 Å². The molecule has 0 aliphatic heterocycles. The van der Waals surface area contributed by atoms with Crippen molar-refractivity contribution in [1.82, 2.24) is 9.97 Å². The van der Waals surface area contributed by atoms with Gasteiger partial charge in [-0.1, -0.05) is 26.2 Å². The molecule has 4 nitrogen and oxygen atoms in total. The Morgan fingerprint density at radius 3 is 2.67 bits per heavy atom. The number of nitrogens with two attached hydrogens (primary N) is 1. The summed E-state index contributed by atoms with van der Waals surface area (Å²) >= 11 is 5.76. The highest BCUT2D eigenvalue weighted by atomic mass is 35.5. The second-order valence-corrected chi connectivity index (χ2v) is 5.46. The van der Waals surface area contributed by atoms with Crippen LogP contribution in [-0.4, -0.2) is 16.5 Å². The summed E-state index contributed by atoms with van der Waals surface area (Å²) in [5, 5.41) is 3.53. The molecule has 1 aliphatic rings. The van der Waals surface area contributed by atoms with Crippen LogP contribution in [0.1, 0.15) is 39.0 Å². The average Bonchev–Trinajstić information content (AvgIpc) is 2.40. The molecule has 0 bridgehead atoms. The van der Waals surface area contributed by atoms with Crippen LogP contribution in [0.2, 0.25) is 5.28 Å². The number of anilines is 2. The molecular weight excluding hydrogens is 248 g/mol. The molecule has 0 spiro atoms. The Hall–Kier alpha value is -1.03. The molecule has 100 valence electrons. The van der Waals surface area contributed by atoms with Crippen LogP contribution >= 0.6 is 11.6 Å². The first kappa shape index (κ1) is 13.4. The summed E-state index contributed by atoms with van der Waals surface area (Å²) in [6, 6.07) is 0. The third-order valence-electron chi connectivity index (χ3n) is 3.89. The minimum atomic E-state index is 0.237. The van der Waals surface area contributed by atoms with E-state index in [1.165, 1.54) is 32.1 Å². The fourth-order valence-corrected chi connectivity index (χ4v) is 2.73. The maximum Gasteiger partial charge on any atom is 0.224 e. The minimum Gasteiger partial charge on any atom is -0.394 e. The topological polar surface area (TPSA) is 63.8 Å². The van der Waals surface area contributed by atoms with Crippen LogP contribution in [0.5, 0.6) is 0 Å². The largest absolute Gasteiger partial charge is 0.394 e. The SMILES string of the molecule is CCC1CCC(CNc2nc(Cl)ncc2N)CC1. The fourth-order valence-electron chi connectivity index (χ4n) is 2.60. The van der Waals surface area contributed by atoms with Gasteiger partial charge in [-0.2, -0.15) is 4.98 Å². The van der Waals surface area contributed by atoms with Crippen molar-refractivity contribution in [3.8, 4) is 0 Å².